The van der Waals surface area contributed by atoms with Gasteiger partial charge in [-0.1, -0.05) is 6.42 Å². The van der Waals surface area contributed by atoms with Crippen molar-refractivity contribution in [2.45, 2.75) is 32.7 Å². The fraction of sp³-hybridized carbons (Fsp3) is 0.471. The lowest BCUT2D eigenvalue weighted by atomic mass is 9.85. The summed E-state index contributed by atoms with van der Waals surface area (Å²) < 4.78 is 5.01. The van der Waals surface area contributed by atoms with Crippen LogP contribution in [0.5, 0.6) is 0 Å². The first-order valence-corrected chi connectivity index (χ1v) is 7.89. The number of nitrogens with zero attached hydrogens (tertiary/aromatic N) is 2. The summed E-state index contributed by atoms with van der Waals surface area (Å²) in [6.07, 6.45) is 7.41. The normalized spacial score (nSPS) is 14.8. The van der Waals surface area contributed by atoms with E-state index in [9.17, 15) is 4.79 Å². The number of nitrogens with one attached hydrogen (secondary N) is 1. The van der Waals surface area contributed by atoms with Gasteiger partial charge in [-0.3, -0.25) is 0 Å². The van der Waals surface area contributed by atoms with Gasteiger partial charge < -0.3 is 10.1 Å². The maximum absolute atomic E-state index is 11.8. The summed E-state index contributed by atoms with van der Waals surface area (Å²) in [5.41, 5.74) is 2.22. The van der Waals surface area contributed by atoms with Crippen molar-refractivity contribution in [3.63, 3.8) is 0 Å². The summed E-state index contributed by atoms with van der Waals surface area (Å²) in [4.78, 5) is 20.3. The number of aromatic nitrogens is 2. The third kappa shape index (κ3) is 3.42. The van der Waals surface area contributed by atoms with E-state index in [1.807, 2.05) is 12.3 Å². The Kier molecular flexibility index (Phi) is 4.63. The van der Waals surface area contributed by atoms with E-state index in [4.69, 9.17) is 4.74 Å². The Morgan fingerprint density at radius 1 is 1.32 bits per heavy atom. The lowest BCUT2D eigenvalue weighted by Crippen LogP contribution is -2.26. The zero-order chi connectivity index (χ0) is 15.4. The molecule has 1 N–H and O–H groups in total. The van der Waals surface area contributed by atoms with E-state index >= 15 is 0 Å². The van der Waals surface area contributed by atoms with Gasteiger partial charge in [0.1, 0.15) is 0 Å². The van der Waals surface area contributed by atoms with Crippen LogP contribution in [0.1, 0.15) is 42.1 Å². The first kappa shape index (κ1) is 14.9. The summed E-state index contributed by atoms with van der Waals surface area (Å²) in [5, 5.41) is 4.34. The molecule has 116 valence electrons. The van der Waals surface area contributed by atoms with Crippen LogP contribution >= 0.6 is 0 Å². The molecule has 0 aromatic carbocycles. The minimum atomic E-state index is -0.342. The Bertz CT molecular complexity index is 668. The van der Waals surface area contributed by atoms with Crippen molar-refractivity contribution >= 4 is 17.0 Å². The fourth-order valence-electron chi connectivity index (χ4n) is 2.61. The van der Waals surface area contributed by atoms with Gasteiger partial charge in [0, 0.05) is 24.3 Å². The van der Waals surface area contributed by atoms with Crippen molar-refractivity contribution in [3.8, 4) is 0 Å². The molecule has 0 atom stereocenters. The first-order chi connectivity index (χ1) is 10.8. The van der Waals surface area contributed by atoms with Gasteiger partial charge in [0.15, 0.2) is 5.65 Å². The molecule has 0 aliphatic heterocycles. The molecule has 1 saturated carbocycles. The minimum Gasteiger partial charge on any atom is -0.462 e. The SMILES string of the molecule is CCOC(=O)c1cnc2ncc(CNCC3CCC3)cc2c1. The van der Waals surface area contributed by atoms with Gasteiger partial charge in [-0.25, -0.2) is 14.8 Å². The van der Waals surface area contributed by atoms with E-state index in [-0.39, 0.29) is 5.97 Å². The Labute approximate surface area is 130 Å². The number of rotatable bonds is 6. The fourth-order valence-corrected chi connectivity index (χ4v) is 2.61. The zero-order valence-corrected chi connectivity index (χ0v) is 12.8. The molecule has 1 aliphatic rings. The largest absolute Gasteiger partial charge is 0.462 e. The van der Waals surface area contributed by atoms with Gasteiger partial charge in [-0.05, 0) is 49.9 Å². The first-order valence-electron chi connectivity index (χ1n) is 7.89. The molecular weight excluding hydrogens is 278 g/mol. The Morgan fingerprint density at radius 2 is 2.14 bits per heavy atom. The third-order valence-electron chi connectivity index (χ3n) is 4.09. The van der Waals surface area contributed by atoms with Crippen molar-refractivity contribution in [3.05, 3.63) is 35.7 Å². The van der Waals surface area contributed by atoms with Crippen molar-refractivity contribution < 1.29 is 9.53 Å². The molecule has 0 unspecified atom stereocenters. The lowest BCUT2D eigenvalue weighted by molar-refractivity contribution is 0.0526. The van der Waals surface area contributed by atoms with Crippen molar-refractivity contribution in [2.24, 2.45) is 5.92 Å². The van der Waals surface area contributed by atoms with E-state index in [0.717, 1.165) is 30.0 Å². The molecule has 2 aromatic rings. The molecule has 22 heavy (non-hydrogen) atoms. The Balaban J connectivity index is 1.70. The number of carbonyl (C=O) groups is 1. The monoisotopic (exact) mass is 299 g/mol. The topological polar surface area (TPSA) is 64.1 Å². The van der Waals surface area contributed by atoms with E-state index in [1.54, 1.807) is 13.0 Å². The third-order valence-corrected chi connectivity index (χ3v) is 4.09. The molecule has 0 spiro atoms. The van der Waals surface area contributed by atoms with Gasteiger partial charge in [-0.15, -0.1) is 0 Å². The van der Waals surface area contributed by atoms with Gasteiger partial charge >= 0.3 is 5.97 Å². The van der Waals surface area contributed by atoms with Crippen LogP contribution in [0.15, 0.2) is 24.5 Å². The van der Waals surface area contributed by atoms with Crippen molar-refractivity contribution in [1.82, 2.24) is 15.3 Å². The number of ether oxygens (including phenoxy) is 1. The predicted octanol–water partition coefficient (Wildman–Crippen LogP) is 2.70. The zero-order valence-electron chi connectivity index (χ0n) is 12.8. The maximum atomic E-state index is 11.8. The number of fused-ring (bicyclic) bond motifs is 1. The Hall–Kier alpha value is -2.01. The second kappa shape index (κ2) is 6.83. The lowest BCUT2D eigenvalue weighted by Gasteiger charge is -2.25. The average molecular weight is 299 g/mol. The molecule has 2 aromatic heterocycles. The molecule has 5 nitrogen and oxygen atoms in total. The highest BCUT2D eigenvalue weighted by molar-refractivity contribution is 5.93. The molecule has 3 rings (SSSR count). The van der Waals surface area contributed by atoms with E-state index in [1.165, 1.54) is 25.5 Å². The number of esters is 1. The van der Waals surface area contributed by atoms with Crippen molar-refractivity contribution in [1.29, 1.82) is 0 Å². The van der Waals surface area contributed by atoms with Gasteiger partial charge in [0.25, 0.3) is 0 Å². The highest BCUT2D eigenvalue weighted by Gasteiger charge is 2.16. The van der Waals surface area contributed by atoms with Gasteiger partial charge in [-0.2, -0.15) is 0 Å². The van der Waals surface area contributed by atoms with Crippen LogP contribution in [0.2, 0.25) is 0 Å². The van der Waals surface area contributed by atoms with E-state index in [0.29, 0.717) is 17.8 Å². The maximum Gasteiger partial charge on any atom is 0.339 e. The molecule has 1 aliphatic carbocycles. The van der Waals surface area contributed by atoms with Crippen LogP contribution in [0.4, 0.5) is 0 Å². The van der Waals surface area contributed by atoms with E-state index in [2.05, 4.69) is 15.3 Å². The Morgan fingerprint density at radius 3 is 2.86 bits per heavy atom. The summed E-state index contributed by atoms with van der Waals surface area (Å²) in [6, 6.07) is 3.83. The summed E-state index contributed by atoms with van der Waals surface area (Å²) in [5.74, 6) is 0.496. The van der Waals surface area contributed by atoms with E-state index < -0.39 is 0 Å². The molecular formula is C17H21N3O2. The molecule has 0 bridgehead atoms. The van der Waals surface area contributed by atoms with Gasteiger partial charge in [0.2, 0.25) is 0 Å². The molecule has 1 fully saturated rings. The van der Waals surface area contributed by atoms with Gasteiger partial charge in [0.05, 0.1) is 12.2 Å². The van der Waals surface area contributed by atoms with Crippen LogP contribution in [-0.2, 0) is 11.3 Å². The molecule has 0 saturated heterocycles. The van der Waals surface area contributed by atoms with Crippen LogP contribution in [0, 0.1) is 5.92 Å². The second-order valence-corrected chi connectivity index (χ2v) is 5.76. The number of pyridine rings is 2. The highest BCUT2D eigenvalue weighted by Crippen LogP contribution is 2.25. The minimum absolute atomic E-state index is 0.342. The molecule has 0 radical (unpaired) electrons. The van der Waals surface area contributed by atoms with Crippen LogP contribution in [-0.4, -0.2) is 29.1 Å². The quantitative estimate of drug-likeness (QED) is 0.831. The summed E-state index contributed by atoms with van der Waals surface area (Å²) in [7, 11) is 0. The van der Waals surface area contributed by atoms with Crippen LogP contribution in [0.3, 0.4) is 0 Å². The molecule has 5 heteroatoms. The second-order valence-electron chi connectivity index (χ2n) is 5.76. The molecule has 2 heterocycles. The number of hydrogen-bond acceptors (Lipinski definition) is 5. The average Bonchev–Trinajstić information content (AvgIpc) is 2.49. The number of hydrogen-bond donors (Lipinski definition) is 1. The summed E-state index contributed by atoms with van der Waals surface area (Å²) in [6.45, 7) is 4.02. The van der Waals surface area contributed by atoms with Crippen LogP contribution < -0.4 is 5.32 Å². The van der Waals surface area contributed by atoms with Crippen LogP contribution in [0.25, 0.3) is 11.0 Å². The standard InChI is InChI=1S/C17H21N3O2/c1-2-22-17(21)15-7-14-6-13(10-19-16(14)20-11-15)9-18-8-12-4-3-5-12/h6-7,10-12,18H,2-5,8-9H2,1H3. The number of carbonyl (C=O) groups excluding carboxylic acids is 1. The van der Waals surface area contributed by atoms with Crippen molar-refractivity contribution in [2.75, 3.05) is 13.2 Å². The highest BCUT2D eigenvalue weighted by atomic mass is 16.5. The predicted molar refractivity (Wildman–Crippen MR) is 84.5 cm³/mol. The summed E-state index contributed by atoms with van der Waals surface area (Å²) >= 11 is 0. The molecule has 0 amide bonds. The smallest absolute Gasteiger partial charge is 0.339 e.